The first-order chi connectivity index (χ1) is 12.6. The maximum Gasteiger partial charge on any atom is 0.255 e. The molecule has 2 rings (SSSR count). The lowest BCUT2D eigenvalue weighted by Crippen LogP contribution is -2.35. The number of likely N-dealkylation sites (N-methyl/N-ethyl adjacent to an activating group) is 1. The van der Waals surface area contributed by atoms with E-state index < -0.39 is 0 Å². The van der Waals surface area contributed by atoms with Crippen molar-refractivity contribution in [1.82, 2.24) is 5.32 Å². The summed E-state index contributed by atoms with van der Waals surface area (Å²) >= 11 is 0. The van der Waals surface area contributed by atoms with Gasteiger partial charge in [0.25, 0.3) is 5.91 Å². The van der Waals surface area contributed by atoms with E-state index in [0.29, 0.717) is 30.2 Å². The van der Waals surface area contributed by atoms with E-state index in [4.69, 9.17) is 14.2 Å². The third-order valence-electron chi connectivity index (χ3n) is 4.13. The number of nitrogens with zero attached hydrogens (tertiary/aromatic N) is 1. The fraction of sp³-hybridized carbons (Fsp3) is 0.350. The fourth-order valence-corrected chi connectivity index (χ4v) is 2.73. The molecule has 1 amide bonds. The summed E-state index contributed by atoms with van der Waals surface area (Å²) < 4.78 is 15.7. The van der Waals surface area contributed by atoms with Crippen LogP contribution in [0.5, 0.6) is 17.2 Å². The molecule has 2 aromatic rings. The molecule has 0 saturated carbocycles. The molecule has 0 unspecified atom stereocenters. The summed E-state index contributed by atoms with van der Waals surface area (Å²) in [6.07, 6.45) is 0. The molecule has 0 aliphatic carbocycles. The van der Waals surface area contributed by atoms with E-state index in [2.05, 4.69) is 17.1 Å². The van der Waals surface area contributed by atoms with Crippen LogP contribution in [-0.2, 0) is 0 Å². The van der Waals surface area contributed by atoms with Crippen molar-refractivity contribution in [2.24, 2.45) is 0 Å². The van der Waals surface area contributed by atoms with Crippen molar-refractivity contribution in [3.05, 3.63) is 48.0 Å². The summed E-state index contributed by atoms with van der Waals surface area (Å²) in [5.74, 6) is 1.61. The van der Waals surface area contributed by atoms with Crippen LogP contribution in [0, 0.1) is 0 Å². The summed E-state index contributed by atoms with van der Waals surface area (Å²) in [6, 6.07) is 13.1. The van der Waals surface area contributed by atoms with Gasteiger partial charge in [-0.3, -0.25) is 4.79 Å². The number of nitrogens with one attached hydrogen (secondary N) is 1. The zero-order chi connectivity index (χ0) is 18.9. The minimum atomic E-state index is -0.188. The second-order valence-electron chi connectivity index (χ2n) is 5.57. The first-order valence-corrected chi connectivity index (χ1v) is 8.52. The van der Waals surface area contributed by atoms with Crippen molar-refractivity contribution in [2.75, 3.05) is 45.9 Å². The highest BCUT2D eigenvalue weighted by atomic mass is 16.5. The quantitative estimate of drug-likeness (QED) is 0.747. The van der Waals surface area contributed by atoms with E-state index in [9.17, 15) is 4.79 Å². The molecule has 6 heteroatoms. The van der Waals surface area contributed by atoms with Gasteiger partial charge in [0.1, 0.15) is 5.75 Å². The molecule has 0 bridgehead atoms. The molecular formula is C20H26N2O4. The van der Waals surface area contributed by atoms with Gasteiger partial charge < -0.3 is 24.4 Å². The molecular weight excluding hydrogens is 332 g/mol. The molecule has 0 atom stereocenters. The average Bonchev–Trinajstić information content (AvgIpc) is 2.70. The first kappa shape index (κ1) is 19.4. The zero-order valence-corrected chi connectivity index (χ0v) is 15.7. The van der Waals surface area contributed by atoms with Gasteiger partial charge in [-0.05, 0) is 43.3 Å². The van der Waals surface area contributed by atoms with E-state index in [0.717, 1.165) is 18.0 Å². The van der Waals surface area contributed by atoms with Crippen LogP contribution >= 0.6 is 0 Å². The highest BCUT2D eigenvalue weighted by molar-refractivity contribution is 5.97. The van der Waals surface area contributed by atoms with Gasteiger partial charge in [-0.25, -0.2) is 0 Å². The molecule has 0 radical (unpaired) electrons. The average molecular weight is 358 g/mol. The Morgan fingerprint density at radius 2 is 1.73 bits per heavy atom. The monoisotopic (exact) mass is 358 g/mol. The number of benzene rings is 2. The fourth-order valence-electron chi connectivity index (χ4n) is 2.73. The van der Waals surface area contributed by atoms with E-state index in [1.165, 1.54) is 7.11 Å². The SMILES string of the molecule is CCN(CCNC(=O)c1cccc(OC)c1OC)c1ccc(OC)cc1. The van der Waals surface area contributed by atoms with E-state index in [1.54, 1.807) is 32.4 Å². The third kappa shape index (κ3) is 4.59. The summed E-state index contributed by atoms with van der Waals surface area (Å²) in [7, 11) is 4.72. The molecule has 0 heterocycles. The Balaban J connectivity index is 1.98. The maximum absolute atomic E-state index is 12.5. The zero-order valence-electron chi connectivity index (χ0n) is 15.7. The molecule has 26 heavy (non-hydrogen) atoms. The second-order valence-corrected chi connectivity index (χ2v) is 5.57. The Hall–Kier alpha value is -2.89. The van der Waals surface area contributed by atoms with E-state index >= 15 is 0 Å². The minimum Gasteiger partial charge on any atom is -0.497 e. The van der Waals surface area contributed by atoms with Crippen molar-refractivity contribution in [1.29, 1.82) is 0 Å². The van der Waals surface area contributed by atoms with Crippen LogP contribution in [-0.4, -0.2) is 46.9 Å². The lowest BCUT2D eigenvalue weighted by Gasteiger charge is -2.23. The molecule has 0 aromatic heterocycles. The Labute approximate surface area is 154 Å². The van der Waals surface area contributed by atoms with Crippen molar-refractivity contribution in [2.45, 2.75) is 6.92 Å². The van der Waals surface area contributed by atoms with Gasteiger partial charge in [0.2, 0.25) is 0 Å². The molecule has 0 saturated heterocycles. The van der Waals surface area contributed by atoms with Crippen molar-refractivity contribution < 1.29 is 19.0 Å². The highest BCUT2D eigenvalue weighted by Crippen LogP contribution is 2.30. The second kappa shape index (κ2) is 9.56. The number of carbonyl (C=O) groups is 1. The molecule has 1 N–H and O–H groups in total. The van der Waals surface area contributed by atoms with E-state index in [-0.39, 0.29) is 5.91 Å². The number of carbonyl (C=O) groups excluding carboxylic acids is 1. The Bertz CT molecular complexity index is 716. The molecule has 0 aliphatic heterocycles. The predicted octanol–water partition coefficient (Wildman–Crippen LogP) is 2.97. The third-order valence-corrected chi connectivity index (χ3v) is 4.13. The number of anilines is 1. The standard InChI is InChI=1S/C20H26N2O4/c1-5-22(15-9-11-16(24-2)12-10-15)14-13-21-20(23)17-7-6-8-18(25-3)19(17)26-4/h6-12H,5,13-14H2,1-4H3,(H,21,23). The number of para-hydroxylation sites is 1. The van der Waals surface area contributed by atoms with Crippen LogP contribution in [0.4, 0.5) is 5.69 Å². The molecule has 6 nitrogen and oxygen atoms in total. The van der Waals surface area contributed by atoms with Crippen LogP contribution in [0.3, 0.4) is 0 Å². The number of amides is 1. The maximum atomic E-state index is 12.5. The van der Waals surface area contributed by atoms with Crippen LogP contribution in [0.25, 0.3) is 0 Å². The smallest absolute Gasteiger partial charge is 0.255 e. The van der Waals surface area contributed by atoms with Crippen molar-refractivity contribution in [3.8, 4) is 17.2 Å². The number of rotatable bonds is 9. The van der Waals surface area contributed by atoms with Gasteiger partial charge in [0.15, 0.2) is 11.5 Å². The Kier molecular flexibility index (Phi) is 7.14. The predicted molar refractivity (Wildman–Crippen MR) is 103 cm³/mol. The van der Waals surface area contributed by atoms with Gasteiger partial charge in [0.05, 0.1) is 26.9 Å². The number of hydrogen-bond donors (Lipinski definition) is 1. The van der Waals surface area contributed by atoms with Gasteiger partial charge in [-0.2, -0.15) is 0 Å². The van der Waals surface area contributed by atoms with Gasteiger partial charge in [0, 0.05) is 25.3 Å². The summed E-state index contributed by atoms with van der Waals surface area (Å²) in [6.45, 7) is 4.13. The number of ether oxygens (including phenoxy) is 3. The lowest BCUT2D eigenvalue weighted by molar-refractivity contribution is 0.0951. The normalized spacial score (nSPS) is 10.2. The van der Waals surface area contributed by atoms with Crippen molar-refractivity contribution in [3.63, 3.8) is 0 Å². The minimum absolute atomic E-state index is 0.188. The first-order valence-electron chi connectivity index (χ1n) is 8.52. The summed E-state index contributed by atoms with van der Waals surface area (Å²) in [4.78, 5) is 14.7. The lowest BCUT2D eigenvalue weighted by atomic mass is 10.1. The largest absolute Gasteiger partial charge is 0.497 e. The summed E-state index contributed by atoms with van der Waals surface area (Å²) in [5, 5.41) is 2.94. The Morgan fingerprint density at radius 1 is 1.00 bits per heavy atom. The summed E-state index contributed by atoms with van der Waals surface area (Å²) in [5.41, 5.74) is 1.54. The van der Waals surface area contributed by atoms with Crippen LogP contribution in [0.15, 0.2) is 42.5 Å². The topological polar surface area (TPSA) is 60.0 Å². The highest BCUT2D eigenvalue weighted by Gasteiger charge is 2.16. The molecule has 140 valence electrons. The van der Waals surface area contributed by atoms with Crippen molar-refractivity contribution >= 4 is 11.6 Å². The Morgan fingerprint density at radius 3 is 2.31 bits per heavy atom. The van der Waals surface area contributed by atoms with Gasteiger partial charge in [-0.15, -0.1) is 0 Å². The number of hydrogen-bond acceptors (Lipinski definition) is 5. The van der Waals surface area contributed by atoms with Crippen LogP contribution in [0.1, 0.15) is 17.3 Å². The molecule has 2 aromatic carbocycles. The van der Waals surface area contributed by atoms with Gasteiger partial charge in [-0.1, -0.05) is 6.07 Å². The molecule has 0 spiro atoms. The molecule has 0 fully saturated rings. The number of methoxy groups -OCH3 is 3. The van der Waals surface area contributed by atoms with Gasteiger partial charge >= 0.3 is 0 Å². The molecule has 0 aliphatic rings. The van der Waals surface area contributed by atoms with Crippen LogP contribution in [0.2, 0.25) is 0 Å². The van der Waals surface area contributed by atoms with E-state index in [1.807, 2.05) is 24.3 Å². The van der Waals surface area contributed by atoms with Crippen LogP contribution < -0.4 is 24.4 Å².